The van der Waals surface area contributed by atoms with Crippen molar-refractivity contribution in [1.82, 2.24) is 25.4 Å². The Morgan fingerprint density at radius 1 is 1.24 bits per heavy atom. The number of aromatic nitrogens is 5. The van der Waals surface area contributed by atoms with Gasteiger partial charge in [-0.25, -0.2) is 9.97 Å². The second kappa shape index (κ2) is 4.12. The summed E-state index contributed by atoms with van der Waals surface area (Å²) in [7, 11) is 1.83. The molecule has 0 amide bonds. The molecule has 0 bridgehead atoms. The standard InChI is InChI=1S/C11H16N6/c1-11(2,3)8-5-9(12-4)15-10(14-8)7-6-13-17-16-7/h5-6H,1-4H3,(H,12,14,15)(H,13,16,17). The van der Waals surface area contributed by atoms with Gasteiger partial charge in [0, 0.05) is 18.5 Å². The molecule has 0 aromatic carbocycles. The molecule has 0 fully saturated rings. The van der Waals surface area contributed by atoms with E-state index < -0.39 is 0 Å². The molecule has 2 aromatic rings. The normalized spacial score (nSPS) is 11.5. The molecule has 2 aromatic heterocycles. The van der Waals surface area contributed by atoms with Gasteiger partial charge in [0.1, 0.15) is 11.5 Å². The summed E-state index contributed by atoms with van der Waals surface area (Å²) in [6, 6.07) is 1.95. The van der Waals surface area contributed by atoms with Crippen molar-refractivity contribution in [2.24, 2.45) is 0 Å². The fraction of sp³-hybridized carbons (Fsp3) is 0.455. The molecule has 0 aliphatic heterocycles. The van der Waals surface area contributed by atoms with Crippen molar-refractivity contribution in [2.75, 3.05) is 12.4 Å². The first-order chi connectivity index (χ1) is 8.00. The highest BCUT2D eigenvalue weighted by Gasteiger charge is 2.18. The van der Waals surface area contributed by atoms with Crippen molar-refractivity contribution < 1.29 is 0 Å². The average Bonchev–Trinajstić information content (AvgIpc) is 2.80. The summed E-state index contributed by atoms with van der Waals surface area (Å²) in [6.45, 7) is 6.34. The first-order valence-corrected chi connectivity index (χ1v) is 5.44. The highest BCUT2D eigenvalue weighted by Crippen LogP contribution is 2.24. The fourth-order valence-corrected chi connectivity index (χ4v) is 1.38. The largest absolute Gasteiger partial charge is 0.373 e. The van der Waals surface area contributed by atoms with Crippen molar-refractivity contribution in [3.8, 4) is 11.5 Å². The van der Waals surface area contributed by atoms with Gasteiger partial charge in [-0.1, -0.05) is 20.8 Å². The van der Waals surface area contributed by atoms with Gasteiger partial charge < -0.3 is 5.32 Å². The van der Waals surface area contributed by atoms with E-state index in [0.717, 1.165) is 11.5 Å². The number of nitrogens with zero attached hydrogens (tertiary/aromatic N) is 4. The molecule has 0 aliphatic rings. The van der Waals surface area contributed by atoms with Crippen LogP contribution in [0.5, 0.6) is 0 Å². The topological polar surface area (TPSA) is 79.4 Å². The Kier molecular flexibility index (Phi) is 2.79. The smallest absolute Gasteiger partial charge is 0.184 e. The van der Waals surface area contributed by atoms with Gasteiger partial charge in [-0.15, -0.1) is 0 Å². The van der Waals surface area contributed by atoms with Crippen molar-refractivity contribution in [2.45, 2.75) is 26.2 Å². The number of rotatable bonds is 2. The Morgan fingerprint density at radius 3 is 2.53 bits per heavy atom. The molecular weight excluding hydrogens is 216 g/mol. The van der Waals surface area contributed by atoms with Crippen molar-refractivity contribution >= 4 is 5.82 Å². The molecule has 0 aliphatic carbocycles. The van der Waals surface area contributed by atoms with Gasteiger partial charge in [0.05, 0.1) is 11.9 Å². The van der Waals surface area contributed by atoms with Crippen molar-refractivity contribution in [1.29, 1.82) is 0 Å². The maximum absolute atomic E-state index is 4.52. The van der Waals surface area contributed by atoms with E-state index in [-0.39, 0.29) is 5.41 Å². The average molecular weight is 232 g/mol. The van der Waals surface area contributed by atoms with Gasteiger partial charge in [-0.3, -0.25) is 0 Å². The van der Waals surface area contributed by atoms with Crippen LogP contribution in [0.25, 0.3) is 11.5 Å². The minimum absolute atomic E-state index is 0.0347. The van der Waals surface area contributed by atoms with E-state index in [1.165, 1.54) is 0 Å². The van der Waals surface area contributed by atoms with Gasteiger partial charge >= 0.3 is 0 Å². The lowest BCUT2D eigenvalue weighted by atomic mass is 9.92. The minimum atomic E-state index is -0.0347. The van der Waals surface area contributed by atoms with Crippen LogP contribution in [0.3, 0.4) is 0 Å². The lowest BCUT2D eigenvalue weighted by molar-refractivity contribution is 0.568. The monoisotopic (exact) mass is 232 g/mol. The number of nitrogens with one attached hydrogen (secondary N) is 2. The number of hydrogen-bond donors (Lipinski definition) is 2. The van der Waals surface area contributed by atoms with E-state index in [4.69, 9.17) is 0 Å². The summed E-state index contributed by atoms with van der Waals surface area (Å²) in [4.78, 5) is 8.88. The van der Waals surface area contributed by atoms with E-state index in [2.05, 4.69) is 51.5 Å². The van der Waals surface area contributed by atoms with Gasteiger partial charge in [0.2, 0.25) is 0 Å². The predicted molar refractivity (Wildman–Crippen MR) is 65.7 cm³/mol. The maximum Gasteiger partial charge on any atom is 0.184 e. The van der Waals surface area contributed by atoms with Crippen molar-refractivity contribution in [3.05, 3.63) is 18.0 Å². The molecule has 0 saturated heterocycles. The molecule has 0 spiro atoms. The van der Waals surface area contributed by atoms with E-state index in [1.54, 1.807) is 6.20 Å². The summed E-state index contributed by atoms with van der Waals surface area (Å²) in [6.07, 6.45) is 1.61. The zero-order valence-corrected chi connectivity index (χ0v) is 10.4. The third kappa shape index (κ3) is 2.41. The molecular formula is C11H16N6. The van der Waals surface area contributed by atoms with Crippen LogP contribution in [0.1, 0.15) is 26.5 Å². The Hall–Kier alpha value is -1.98. The summed E-state index contributed by atoms with van der Waals surface area (Å²) < 4.78 is 0. The third-order valence-corrected chi connectivity index (χ3v) is 2.39. The highest BCUT2D eigenvalue weighted by atomic mass is 15.3. The molecule has 17 heavy (non-hydrogen) atoms. The van der Waals surface area contributed by atoms with Gasteiger partial charge in [-0.05, 0) is 0 Å². The first-order valence-electron chi connectivity index (χ1n) is 5.44. The van der Waals surface area contributed by atoms with Crippen LogP contribution < -0.4 is 5.32 Å². The van der Waals surface area contributed by atoms with Crippen LogP contribution in [0.2, 0.25) is 0 Å². The zero-order chi connectivity index (χ0) is 12.5. The van der Waals surface area contributed by atoms with Crippen molar-refractivity contribution in [3.63, 3.8) is 0 Å². The SMILES string of the molecule is CNc1cc(C(C)(C)C)nc(-c2cn[nH]n2)n1. The lowest BCUT2D eigenvalue weighted by Gasteiger charge is -2.18. The molecule has 0 saturated carbocycles. The number of anilines is 1. The van der Waals surface area contributed by atoms with E-state index >= 15 is 0 Å². The molecule has 6 nitrogen and oxygen atoms in total. The summed E-state index contributed by atoms with van der Waals surface area (Å²) >= 11 is 0. The van der Waals surface area contributed by atoms with Crippen LogP contribution in [0.15, 0.2) is 12.3 Å². The second-order valence-electron chi connectivity index (χ2n) is 4.82. The molecule has 0 radical (unpaired) electrons. The van der Waals surface area contributed by atoms with Gasteiger partial charge in [-0.2, -0.15) is 15.4 Å². The van der Waals surface area contributed by atoms with Crippen LogP contribution in [0.4, 0.5) is 5.82 Å². The molecule has 0 unspecified atom stereocenters. The molecule has 0 atom stereocenters. The first kappa shape index (κ1) is 11.5. The molecule has 6 heteroatoms. The summed E-state index contributed by atoms with van der Waals surface area (Å²) in [5.74, 6) is 1.36. The summed E-state index contributed by atoms with van der Waals surface area (Å²) in [5.41, 5.74) is 1.58. The van der Waals surface area contributed by atoms with Crippen LogP contribution in [-0.2, 0) is 5.41 Å². The maximum atomic E-state index is 4.52. The van der Waals surface area contributed by atoms with Gasteiger partial charge in [0.25, 0.3) is 0 Å². The second-order valence-corrected chi connectivity index (χ2v) is 4.82. The Balaban J connectivity index is 2.54. The van der Waals surface area contributed by atoms with E-state index in [1.807, 2.05) is 13.1 Å². The van der Waals surface area contributed by atoms with Crippen LogP contribution in [0, 0.1) is 0 Å². The quantitative estimate of drug-likeness (QED) is 0.822. The Bertz CT molecular complexity index is 497. The molecule has 2 N–H and O–H groups in total. The highest BCUT2D eigenvalue weighted by molar-refractivity contribution is 5.52. The Labute approximate surface area is 99.9 Å². The minimum Gasteiger partial charge on any atom is -0.373 e. The molecule has 90 valence electrons. The number of H-pyrrole nitrogens is 1. The Morgan fingerprint density at radius 2 is 2.00 bits per heavy atom. The molecule has 2 rings (SSSR count). The zero-order valence-electron chi connectivity index (χ0n) is 10.4. The number of aromatic amines is 1. The predicted octanol–water partition coefficient (Wildman–Crippen LogP) is 1.60. The third-order valence-electron chi connectivity index (χ3n) is 2.39. The van der Waals surface area contributed by atoms with Gasteiger partial charge in [0.15, 0.2) is 5.82 Å². The lowest BCUT2D eigenvalue weighted by Crippen LogP contribution is -2.15. The summed E-state index contributed by atoms with van der Waals surface area (Å²) in [5, 5.41) is 13.4. The fourth-order valence-electron chi connectivity index (χ4n) is 1.38. The number of hydrogen-bond acceptors (Lipinski definition) is 5. The molecule has 2 heterocycles. The van der Waals surface area contributed by atoms with Crippen LogP contribution >= 0.6 is 0 Å². The van der Waals surface area contributed by atoms with E-state index in [9.17, 15) is 0 Å². The van der Waals surface area contributed by atoms with Crippen LogP contribution in [-0.4, -0.2) is 32.4 Å². The van der Waals surface area contributed by atoms with E-state index in [0.29, 0.717) is 11.5 Å².